The van der Waals surface area contributed by atoms with Crippen LogP contribution in [0.3, 0.4) is 0 Å². The van der Waals surface area contributed by atoms with Gasteiger partial charge in [-0.1, -0.05) is 26.7 Å². The number of nitrogens with one attached hydrogen (secondary N) is 1. The lowest BCUT2D eigenvalue weighted by Gasteiger charge is -2.17. The molecule has 0 radical (unpaired) electrons. The lowest BCUT2D eigenvalue weighted by atomic mass is 9.93. The second kappa shape index (κ2) is 7.46. The van der Waals surface area contributed by atoms with Gasteiger partial charge in [-0.3, -0.25) is 4.79 Å². The number of thiazole rings is 1. The first kappa shape index (κ1) is 18.4. The van der Waals surface area contributed by atoms with E-state index < -0.39 is 0 Å². The summed E-state index contributed by atoms with van der Waals surface area (Å²) < 4.78 is 12.9. The van der Waals surface area contributed by atoms with Gasteiger partial charge in [0.05, 0.1) is 5.69 Å². The fourth-order valence-electron chi connectivity index (χ4n) is 2.69. The number of nitrogens with zero attached hydrogens (tertiary/aromatic N) is 2. The Labute approximate surface area is 157 Å². The Morgan fingerprint density at radius 1 is 1.35 bits per heavy atom. The van der Waals surface area contributed by atoms with Gasteiger partial charge in [0.2, 0.25) is 0 Å². The quantitative estimate of drug-likeness (QED) is 0.824. The van der Waals surface area contributed by atoms with Gasteiger partial charge in [-0.2, -0.15) is 0 Å². The van der Waals surface area contributed by atoms with Crippen LogP contribution in [-0.2, 0) is 10.2 Å². The maximum atomic E-state index is 12.9. The third kappa shape index (κ3) is 4.61. The van der Waals surface area contributed by atoms with E-state index >= 15 is 0 Å². The molecule has 26 heavy (non-hydrogen) atoms. The number of amides is 1. The van der Waals surface area contributed by atoms with Crippen molar-refractivity contribution < 1.29 is 9.18 Å². The molecule has 1 aromatic carbocycles. The highest BCUT2D eigenvalue weighted by atomic mass is 32.1. The van der Waals surface area contributed by atoms with Crippen LogP contribution in [0.4, 0.5) is 9.52 Å². The third-order valence-electron chi connectivity index (χ3n) is 4.22. The van der Waals surface area contributed by atoms with Gasteiger partial charge in [0.25, 0.3) is 5.91 Å². The summed E-state index contributed by atoms with van der Waals surface area (Å²) in [7, 11) is 0. The Morgan fingerprint density at radius 3 is 2.73 bits per heavy atom. The van der Waals surface area contributed by atoms with Crippen LogP contribution in [0.25, 0.3) is 0 Å². The number of anilines is 1. The number of rotatable bonds is 2. The number of hydrogen-bond donors (Lipinski definition) is 1. The van der Waals surface area contributed by atoms with Crippen LogP contribution in [0, 0.1) is 17.7 Å². The number of carbonyl (C=O) groups excluding carboxylic acids is 1. The smallest absolute Gasteiger partial charge is 0.296 e. The summed E-state index contributed by atoms with van der Waals surface area (Å²) in [5.41, 5.74) is 1.75. The van der Waals surface area contributed by atoms with E-state index in [0.717, 1.165) is 30.3 Å². The van der Waals surface area contributed by atoms with E-state index in [-0.39, 0.29) is 23.2 Å². The van der Waals surface area contributed by atoms with Crippen LogP contribution in [0.5, 0.6) is 0 Å². The molecular weight excluding hydrogens is 349 g/mol. The average Bonchev–Trinajstić information content (AvgIpc) is 3.23. The van der Waals surface area contributed by atoms with E-state index in [1.165, 1.54) is 12.1 Å². The maximum Gasteiger partial charge on any atom is 0.296 e. The van der Waals surface area contributed by atoms with Crippen molar-refractivity contribution in [3.8, 4) is 11.8 Å². The lowest BCUT2D eigenvalue weighted by Crippen LogP contribution is -2.36. The van der Waals surface area contributed by atoms with Crippen molar-refractivity contribution >= 4 is 22.4 Å². The van der Waals surface area contributed by atoms with Crippen molar-refractivity contribution in [2.24, 2.45) is 0 Å². The van der Waals surface area contributed by atoms with Crippen molar-refractivity contribution in [1.82, 2.24) is 10.3 Å². The Hall–Kier alpha value is -2.39. The van der Waals surface area contributed by atoms with Gasteiger partial charge >= 0.3 is 0 Å². The van der Waals surface area contributed by atoms with Gasteiger partial charge in [0, 0.05) is 41.4 Å². The molecular formula is C20H22FN3OS. The van der Waals surface area contributed by atoms with Gasteiger partial charge < -0.3 is 10.2 Å². The van der Waals surface area contributed by atoms with E-state index in [1.807, 2.05) is 0 Å². The summed E-state index contributed by atoms with van der Waals surface area (Å²) in [4.78, 5) is 19.0. The van der Waals surface area contributed by atoms with Gasteiger partial charge in [0.15, 0.2) is 5.13 Å². The zero-order chi connectivity index (χ0) is 18.7. The van der Waals surface area contributed by atoms with Crippen molar-refractivity contribution in [3.63, 3.8) is 0 Å². The molecule has 1 N–H and O–H groups in total. The van der Waals surface area contributed by atoms with E-state index in [9.17, 15) is 9.18 Å². The highest BCUT2D eigenvalue weighted by molar-refractivity contribution is 7.13. The fourth-order valence-corrected chi connectivity index (χ4v) is 3.78. The van der Waals surface area contributed by atoms with Crippen LogP contribution >= 0.6 is 11.3 Å². The summed E-state index contributed by atoms with van der Waals surface area (Å²) in [6.45, 7) is 8.06. The normalized spacial score (nSPS) is 16.9. The number of halogens is 1. The van der Waals surface area contributed by atoms with Crippen LogP contribution in [0.15, 0.2) is 29.6 Å². The van der Waals surface area contributed by atoms with Crippen molar-refractivity contribution in [2.75, 3.05) is 18.0 Å². The van der Waals surface area contributed by atoms with Crippen LogP contribution < -0.4 is 10.2 Å². The Morgan fingerprint density at radius 2 is 2.08 bits per heavy atom. The number of carbonyl (C=O) groups is 1. The molecule has 2 aromatic rings. The second-order valence-electron chi connectivity index (χ2n) is 7.43. The van der Waals surface area contributed by atoms with Gasteiger partial charge in [-0.05, 0) is 30.7 Å². The predicted octanol–water partition coefficient (Wildman–Crippen LogP) is 3.33. The molecule has 1 amide bonds. The third-order valence-corrected chi connectivity index (χ3v) is 5.12. The minimum Gasteiger partial charge on any atom is -0.346 e. The Bertz CT molecular complexity index is 842. The largest absolute Gasteiger partial charge is 0.346 e. The van der Waals surface area contributed by atoms with Crippen molar-refractivity contribution in [3.05, 3.63) is 46.7 Å². The second-order valence-corrected chi connectivity index (χ2v) is 8.26. The van der Waals surface area contributed by atoms with E-state index in [1.54, 1.807) is 23.5 Å². The summed E-state index contributed by atoms with van der Waals surface area (Å²) in [6, 6.07) is 5.84. The minimum absolute atomic E-state index is 0.0397. The number of hydrogen-bond acceptors (Lipinski definition) is 4. The summed E-state index contributed by atoms with van der Waals surface area (Å²) in [6.07, 6.45) is 0.869. The maximum absolute atomic E-state index is 12.9. The van der Waals surface area contributed by atoms with Crippen LogP contribution in [0.2, 0.25) is 0 Å². The molecule has 2 heterocycles. The molecule has 1 aromatic heterocycles. The standard InChI is InChI=1S/C20H22FN3OS/c1-20(2,3)17-13-26-19(23-17)24-11-10-16(12-24)22-18(25)9-6-14-4-7-15(21)8-5-14/h4-5,7-8,13,16H,10-12H2,1-3H3,(H,22,25). The first-order valence-electron chi connectivity index (χ1n) is 8.60. The summed E-state index contributed by atoms with van der Waals surface area (Å²) in [5, 5.41) is 6.06. The highest BCUT2D eigenvalue weighted by Crippen LogP contribution is 2.30. The lowest BCUT2D eigenvalue weighted by molar-refractivity contribution is -0.116. The van der Waals surface area contributed by atoms with Gasteiger partial charge in [-0.15, -0.1) is 11.3 Å². The molecule has 1 aliphatic heterocycles. The molecule has 1 unspecified atom stereocenters. The van der Waals surface area contributed by atoms with E-state index in [2.05, 4.69) is 48.2 Å². The molecule has 1 atom stereocenters. The zero-order valence-corrected chi connectivity index (χ0v) is 16.0. The number of aromatic nitrogens is 1. The molecule has 0 spiro atoms. The fraction of sp³-hybridized carbons (Fsp3) is 0.400. The molecule has 1 fully saturated rings. The minimum atomic E-state index is -0.317. The molecule has 1 saturated heterocycles. The van der Waals surface area contributed by atoms with Gasteiger partial charge in [-0.25, -0.2) is 9.37 Å². The molecule has 6 heteroatoms. The molecule has 0 saturated carbocycles. The molecule has 136 valence electrons. The SMILES string of the molecule is CC(C)(C)c1csc(N2CCC(NC(=O)C#Cc3ccc(F)cc3)C2)n1. The summed E-state index contributed by atoms with van der Waals surface area (Å²) >= 11 is 1.65. The molecule has 3 rings (SSSR count). The number of benzene rings is 1. The van der Waals surface area contributed by atoms with Crippen molar-refractivity contribution in [2.45, 2.75) is 38.6 Å². The topological polar surface area (TPSA) is 45.2 Å². The molecule has 4 nitrogen and oxygen atoms in total. The first-order chi connectivity index (χ1) is 12.3. The highest BCUT2D eigenvalue weighted by Gasteiger charge is 2.27. The van der Waals surface area contributed by atoms with Crippen molar-refractivity contribution in [1.29, 1.82) is 0 Å². The molecule has 1 aliphatic rings. The van der Waals surface area contributed by atoms with Crippen LogP contribution in [-0.4, -0.2) is 30.0 Å². The predicted molar refractivity (Wildman–Crippen MR) is 103 cm³/mol. The van der Waals surface area contributed by atoms with E-state index in [0.29, 0.717) is 5.56 Å². The Kier molecular flexibility index (Phi) is 5.28. The first-order valence-corrected chi connectivity index (χ1v) is 9.48. The monoisotopic (exact) mass is 371 g/mol. The summed E-state index contributed by atoms with van der Waals surface area (Å²) in [5.74, 6) is 4.70. The van der Waals surface area contributed by atoms with Gasteiger partial charge in [0.1, 0.15) is 5.82 Å². The molecule has 0 aliphatic carbocycles. The van der Waals surface area contributed by atoms with E-state index in [4.69, 9.17) is 4.98 Å². The molecule has 0 bridgehead atoms. The van der Waals surface area contributed by atoms with Crippen LogP contribution in [0.1, 0.15) is 38.4 Å². The Balaban J connectivity index is 1.55. The average molecular weight is 371 g/mol. The zero-order valence-electron chi connectivity index (χ0n) is 15.2.